The number of halogens is 1. The van der Waals surface area contributed by atoms with E-state index >= 15 is 0 Å². The molecule has 0 aliphatic carbocycles. The fourth-order valence-electron chi connectivity index (χ4n) is 1.17. The Balaban J connectivity index is 2.42. The molecular weight excluding hydrogens is 260 g/mol. The van der Waals surface area contributed by atoms with Crippen LogP contribution in [0.4, 0.5) is 10.5 Å². The summed E-state index contributed by atoms with van der Waals surface area (Å²) >= 11 is 5.69. The molecule has 0 spiro atoms. The molecule has 0 aromatic heterocycles. The molecule has 98 valence electrons. The van der Waals surface area contributed by atoms with Gasteiger partial charge in [-0.05, 0) is 24.3 Å². The molecule has 0 fully saturated rings. The van der Waals surface area contributed by atoms with Crippen LogP contribution in [-0.4, -0.2) is 36.9 Å². The Labute approximate surface area is 109 Å². The standard InChI is InChI=1S/C11H13ClN2O4/c1-18-9(10(15)16)6-13-11(17)14-8-4-2-7(12)3-5-8/h2-5,9H,6H2,1H3,(H,15,16)(H2,13,14,17). The highest BCUT2D eigenvalue weighted by Crippen LogP contribution is 2.12. The van der Waals surface area contributed by atoms with Crippen molar-refractivity contribution in [2.75, 3.05) is 19.0 Å². The van der Waals surface area contributed by atoms with E-state index in [4.69, 9.17) is 16.7 Å². The second kappa shape index (κ2) is 6.83. The van der Waals surface area contributed by atoms with E-state index in [9.17, 15) is 9.59 Å². The molecule has 7 heteroatoms. The highest BCUT2D eigenvalue weighted by Gasteiger charge is 2.16. The van der Waals surface area contributed by atoms with Gasteiger partial charge in [-0.1, -0.05) is 11.6 Å². The van der Waals surface area contributed by atoms with E-state index in [0.29, 0.717) is 10.7 Å². The van der Waals surface area contributed by atoms with Crippen molar-refractivity contribution in [2.45, 2.75) is 6.10 Å². The number of carboxylic acids is 1. The summed E-state index contributed by atoms with van der Waals surface area (Å²) in [4.78, 5) is 22.1. The lowest BCUT2D eigenvalue weighted by molar-refractivity contribution is -0.147. The number of methoxy groups -OCH3 is 1. The average Bonchev–Trinajstić information content (AvgIpc) is 2.32. The molecule has 0 heterocycles. The van der Waals surface area contributed by atoms with Gasteiger partial charge in [-0.15, -0.1) is 0 Å². The summed E-state index contributed by atoms with van der Waals surface area (Å²) in [5.74, 6) is -1.13. The first-order valence-corrected chi connectivity index (χ1v) is 5.46. The SMILES string of the molecule is COC(CNC(=O)Nc1ccc(Cl)cc1)C(=O)O. The fraction of sp³-hybridized carbons (Fsp3) is 0.273. The number of carbonyl (C=O) groups is 2. The second-order valence-electron chi connectivity index (χ2n) is 3.40. The number of benzene rings is 1. The summed E-state index contributed by atoms with van der Waals surface area (Å²) in [6.07, 6.45) is -1.07. The van der Waals surface area contributed by atoms with Crippen molar-refractivity contribution in [2.24, 2.45) is 0 Å². The lowest BCUT2D eigenvalue weighted by atomic mass is 10.3. The quantitative estimate of drug-likeness (QED) is 0.759. The molecule has 0 saturated heterocycles. The third-order valence-corrected chi connectivity index (χ3v) is 2.36. The molecule has 1 atom stereocenters. The van der Waals surface area contributed by atoms with Crippen LogP contribution in [0.2, 0.25) is 5.02 Å². The maximum Gasteiger partial charge on any atom is 0.334 e. The van der Waals surface area contributed by atoms with Crippen LogP contribution in [0.25, 0.3) is 0 Å². The lowest BCUT2D eigenvalue weighted by Crippen LogP contribution is -2.39. The number of rotatable bonds is 5. The highest BCUT2D eigenvalue weighted by molar-refractivity contribution is 6.30. The van der Waals surface area contributed by atoms with E-state index in [1.807, 2.05) is 0 Å². The van der Waals surface area contributed by atoms with Crippen LogP contribution >= 0.6 is 11.6 Å². The van der Waals surface area contributed by atoms with Gasteiger partial charge >= 0.3 is 12.0 Å². The van der Waals surface area contributed by atoms with Crippen molar-refractivity contribution >= 4 is 29.3 Å². The number of hydrogen-bond acceptors (Lipinski definition) is 3. The molecule has 3 N–H and O–H groups in total. The van der Waals surface area contributed by atoms with E-state index in [1.165, 1.54) is 7.11 Å². The van der Waals surface area contributed by atoms with E-state index in [2.05, 4.69) is 15.4 Å². The van der Waals surface area contributed by atoms with Gasteiger partial charge in [0, 0.05) is 17.8 Å². The minimum atomic E-state index is -1.13. The van der Waals surface area contributed by atoms with Gasteiger partial charge in [0.05, 0.1) is 6.54 Å². The predicted octanol–water partition coefficient (Wildman–Crippen LogP) is 1.56. The molecule has 18 heavy (non-hydrogen) atoms. The highest BCUT2D eigenvalue weighted by atomic mass is 35.5. The zero-order chi connectivity index (χ0) is 13.5. The number of anilines is 1. The summed E-state index contributed by atoms with van der Waals surface area (Å²) in [6, 6.07) is 6.01. The number of ether oxygens (including phenoxy) is 1. The molecule has 1 aromatic rings. The number of amides is 2. The normalized spacial score (nSPS) is 11.7. The topological polar surface area (TPSA) is 87.7 Å². The summed E-state index contributed by atoms with van der Waals surface area (Å²) in [5.41, 5.74) is 0.557. The largest absolute Gasteiger partial charge is 0.479 e. The first kappa shape index (κ1) is 14.3. The van der Waals surface area contributed by atoms with Gasteiger partial charge in [0.15, 0.2) is 6.10 Å². The van der Waals surface area contributed by atoms with Crippen LogP contribution in [0.1, 0.15) is 0 Å². The Bertz CT molecular complexity index is 422. The number of hydrogen-bond donors (Lipinski definition) is 3. The van der Waals surface area contributed by atoms with Crippen LogP contribution in [-0.2, 0) is 9.53 Å². The summed E-state index contributed by atoms with van der Waals surface area (Å²) in [7, 11) is 1.26. The summed E-state index contributed by atoms with van der Waals surface area (Å²) in [6.45, 7) is -0.120. The molecule has 0 aliphatic rings. The Morgan fingerprint density at radius 1 is 1.39 bits per heavy atom. The number of urea groups is 1. The predicted molar refractivity (Wildman–Crippen MR) is 66.9 cm³/mol. The Kier molecular flexibility index (Phi) is 5.41. The monoisotopic (exact) mass is 272 g/mol. The first-order chi connectivity index (χ1) is 8.52. The smallest absolute Gasteiger partial charge is 0.334 e. The van der Waals surface area contributed by atoms with Crippen molar-refractivity contribution in [3.8, 4) is 0 Å². The third-order valence-electron chi connectivity index (χ3n) is 2.11. The molecule has 0 saturated carbocycles. The van der Waals surface area contributed by atoms with Crippen molar-refractivity contribution in [1.82, 2.24) is 5.32 Å². The van der Waals surface area contributed by atoms with Crippen LogP contribution < -0.4 is 10.6 Å². The van der Waals surface area contributed by atoms with E-state index in [0.717, 1.165) is 0 Å². The number of nitrogens with one attached hydrogen (secondary N) is 2. The van der Waals surface area contributed by atoms with Gasteiger partial charge in [-0.3, -0.25) is 0 Å². The molecular formula is C11H13ClN2O4. The van der Waals surface area contributed by atoms with Crippen molar-refractivity contribution < 1.29 is 19.4 Å². The average molecular weight is 273 g/mol. The number of carbonyl (C=O) groups excluding carboxylic acids is 1. The van der Waals surface area contributed by atoms with E-state index < -0.39 is 18.1 Å². The fourth-order valence-corrected chi connectivity index (χ4v) is 1.29. The molecule has 0 aliphatic heterocycles. The zero-order valence-electron chi connectivity index (χ0n) is 9.64. The van der Waals surface area contributed by atoms with Crippen LogP contribution in [0, 0.1) is 0 Å². The van der Waals surface area contributed by atoms with Gasteiger partial charge < -0.3 is 20.5 Å². The maximum atomic E-state index is 11.4. The van der Waals surface area contributed by atoms with Crippen LogP contribution in [0.15, 0.2) is 24.3 Å². The Morgan fingerprint density at radius 3 is 2.50 bits per heavy atom. The van der Waals surface area contributed by atoms with Gasteiger partial charge in [0.2, 0.25) is 0 Å². The molecule has 0 bridgehead atoms. The van der Waals surface area contributed by atoms with Crippen molar-refractivity contribution in [3.63, 3.8) is 0 Å². The third kappa shape index (κ3) is 4.60. The molecule has 2 amide bonds. The summed E-state index contributed by atoms with van der Waals surface area (Å²) in [5, 5.41) is 14.2. The van der Waals surface area contributed by atoms with Crippen LogP contribution in [0.5, 0.6) is 0 Å². The number of aliphatic carboxylic acids is 1. The molecule has 1 aromatic carbocycles. The molecule has 6 nitrogen and oxygen atoms in total. The minimum absolute atomic E-state index is 0.120. The molecule has 1 unspecified atom stereocenters. The summed E-state index contributed by atoms with van der Waals surface area (Å²) < 4.78 is 4.67. The Morgan fingerprint density at radius 2 is 2.00 bits per heavy atom. The molecule has 0 radical (unpaired) electrons. The van der Waals surface area contributed by atoms with E-state index in [1.54, 1.807) is 24.3 Å². The van der Waals surface area contributed by atoms with Crippen molar-refractivity contribution in [3.05, 3.63) is 29.3 Å². The first-order valence-electron chi connectivity index (χ1n) is 5.09. The minimum Gasteiger partial charge on any atom is -0.479 e. The maximum absolute atomic E-state index is 11.4. The Hall–Kier alpha value is -1.79. The lowest BCUT2D eigenvalue weighted by Gasteiger charge is -2.12. The molecule has 1 rings (SSSR count). The van der Waals surface area contributed by atoms with Gasteiger partial charge in [-0.25, -0.2) is 9.59 Å². The van der Waals surface area contributed by atoms with E-state index in [-0.39, 0.29) is 6.54 Å². The number of carboxylic acid groups (broad SMARTS) is 1. The van der Waals surface area contributed by atoms with Gasteiger partial charge in [-0.2, -0.15) is 0 Å². The zero-order valence-corrected chi connectivity index (χ0v) is 10.4. The van der Waals surface area contributed by atoms with Gasteiger partial charge in [0.25, 0.3) is 0 Å². The van der Waals surface area contributed by atoms with Crippen molar-refractivity contribution in [1.29, 1.82) is 0 Å². The van der Waals surface area contributed by atoms with Gasteiger partial charge in [0.1, 0.15) is 0 Å². The second-order valence-corrected chi connectivity index (χ2v) is 3.84. The van der Waals surface area contributed by atoms with Crippen LogP contribution in [0.3, 0.4) is 0 Å².